The molecule has 18 heavy (non-hydrogen) atoms. The molecule has 1 aromatic rings. The summed E-state index contributed by atoms with van der Waals surface area (Å²) in [5.41, 5.74) is -0.444. The fourth-order valence-corrected chi connectivity index (χ4v) is 1.23. The lowest BCUT2D eigenvalue weighted by atomic mass is 10.2. The Morgan fingerprint density at radius 2 is 2.17 bits per heavy atom. The molecule has 0 fully saturated rings. The van der Waals surface area contributed by atoms with Crippen molar-refractivity contribution >= 4 is 23.3 Å². The Hall–Kier alpha value is -2.64. The summed E-state index contributed by atoms with van der Waals surface area (Å²) in [6.07, 6.45) is -0.761. The van der Waals surface area contributed by atoms with Crippen molar-refractivity contribution in [2.24, 2.45) is 0 Å². The molecule has 8 heteroatoms. The van der Waals surface area contributed by atoms with Gasteiger partial charge in [-0.25, -0.2) is 0 Å². The molecule has 0 saturated carbocycles. The molecule has 0 heterocycles. The lowest BCUT2D eigenvalue weighted by Crippen LogP contribution is -2.16. The maximum atomic E-state index is 11.2. The number of methoxy groups -OCH3 is 1. The number of hydrogen-bond donors (Lipinski definition) is 2. The number of amides is 1. The monoisotopic (exact) mass is 254 g/mol. The van der Waals surface area contributed by atoms with E-state index in [0.717, 1.165) is 6.07 Å². The Bertz CT molecular complexity index is 499. The molecule has 0 aromatic heterocycles. The second-order valence-corrected chi connectivity index (χ2v) is 3.26. The van der Waals surface area contributed by atoms with Crippen LogP contribution in [-0.2, 0) is 9.59 Å². The van der Waals surface area contributed by atoms with E-state index in [1.165, 1.54) is 19.2 Å². The molecule has 0 aliphatic heterocycles. The number of carboxylic acid groups (broad SMARTS) is 1. The van der Waals surface area contributed by atoms with E-state index in [1.807, 2.05) is 0 Å². The molecular formula is C10H10N2O6. The normalized spacial score (nSPS) is 9.61. The number of benzene rings is 1. The molecule has 2 N–H and O–H groups in total. The smallest absolute Gasteiger partial charge is 0.312 e. The van der Waals surface area contributed by atoms with Crippen molar-refractivity contribution < 1.29 is 24.4 Å². The van der Waals surface area contributed by atoms with Crippen LogP contribution in [0.2, 0.25) is 0 Å². The number of anilines is 1. The summed E-state index contributed by atoms with van der Waals surface area (Å²) in [5.74, 6) is -1.89. The van der Waals surface area contributed by atoms with E-state index in [-0.39, 0.29) is 17.1 Å². The van der Waals surface area contributed by atoms with Gasteiger partial charge >= 0.3 is 5.97 Å². The Morgan fingerprint density at radius 1 is 1.50 bits per heavy atom. The Balaban J connectivity index is 2.98. The highest BCUT2D eigenvalue weighted by Gasteiger charge is 2.18. The Kier molecular flexibility index (Phi) is 4.19. The Labute approximate surface area is 101 Å². The molecule has 0 aliphatic carbocycles. The molecule has 0 spiro atoms. The number of ether oxygens (including phenoxy) is 1. The van der Waals surface area contributed by atoms with Crippen molar-refractivity contribution in [3.05, 3.63) is 28.3 Å². The minimum absolute atomic E-state index is 0.0768. The topological polar surface area (TPSA) is 119 Å². The van der Waals surface area contributed by atoms with Crippen LogP contribution in [0.5, 0.6) is 5.75 Å². The van der Waals surface area contributed by atoms with Gasteiger partial charge in [-0.1, -0.05) is 0 Å². The first kappa shape index (κ1) is 13.4. The van der Waals surface area contributed by atoms with Crippen molar-refractivity contribution in [3.63, 3.8) is 0 Å². The third-order valence-electron chi connectivity index (χ3n) is 1.99. The zero-order valence-corrected chi connectivity index (χ0v) is 9.37. The standard InChI is InChI=1S/C10H10N2O6/c1-18-6-2-3-7(8(4-6)12(16)17)11-9(13)5-10(14)15/h2-4H,5H2,1H3,(H,11,13)(H,14,15). The predicted molar refractivity (Wildman–Crippen MR) is 60.5 cm³/mol. The van der Waals surface area contributed by atoms with Crippen LogP contribution >= 0.6 is 0 Å². The number of rotatable bonds is 5. The van der Waals surface area contributed by atoms with Crippen molar-refractivity contribution in [2.45, 2.75) is 6.42 Å². The second-order valence-electron chi connectivity index (χ2n) is 3.26. The van der Waals surface area contributed by atoms with Crippen molar-refractivity contribution in [3.8, 4) is 5.75 Å². The van der Waals surface area contributed by atoms with Crippen LogP contribution in [0.4, 0.5) is 11.4 Å². The first-order valence-electron chi connectivity index (χ1n) is 4.78. The molecule has 0 atom stereocenters. The molecule has 0 radical (unpaired) electrons. The van der Waals surface area contributed by atoms with E-state index < -0.39 is 23.2 Å². The number of hydrogen-bond acceptors (Lipinski definition) is 5. The van der Waals surface area contributed by atoms with Gasteiger partial charge in [0, 0.05) is 0 Å². The van der Waals surface area contributed by atoms with E-state index >= 15 is 0 Å². The first-order valence-corrected chi connectivity index (χ1v) is 4.78. The molecule has 1 amide bonds. The van der Waals surface area contributed by atoms with Gasteiger partial charge in [-0.05, 0) is 12.1 Å². The van der Waals surface area contributed by atoms with Crippen molar-refractivity contribution in [2.75, 3.05) is 12.4 Å². The van der Waals surface area contributed by atoms with E-state index in [2.05, 4.69) is 5.32 Å². The fourth-order valence-electron chi connectivity index (χ4n) is 1.23. The minimum atomic E-state index is -1.32. The van der Waals surface area contributed by atoms with Crippen LogP contribution in [0.25, 0.3) is 0 Å². The molecule has 0 saturated heterocycles. The average Bonchev–Trinajstić information content (AvgIpc) is 2.28. The highest BCUT2D eigenvalue weighted by molar-refractivity contribution is 6.02. The van der Waals surface area contributed by atoms with Gasteiger partial charge in [0.25, 0.3) is 5.69 Å². The molecular weight excluding hydrogens is 244 g/mol. The number of nitro benzene ring substituents is 1. The minimum Gasteiger partial charge on any atom is -0.496 e. The van der Waals surface area contributed by atoms with Crippen LogP contribution in [0.3, 0.4) is 0 Å². The van der Waals surface area contributed by atoms with Gasteiger partial charge in [0.2, 0.25) is 5.91 Å². The van der Waals surface area contributed by atoms with Crippen LogP contribution in [0, 0.1) is 10.1 Å². The highest BCUT2D eigenvalue weighted by Crippen LogP contribution is 2.28. The molecule has 1 aromatic carbocycles. The van der Waals surface area contributed by atoms with Gasteiger partial charge < -0.3 is 15.2 Å². The van der Waals surface area contributed by atoms with Crippen LogP contribution < -0.4 is 10.1 Å². The molecule has 1 rings (SSSR count). The van der Waals surface area contributed by atoms with E-state index in [9.17, 15) is 19.7 Å². The number of aliphatic carboxylic acids is 1. The zero-order chi connectivity index (χ0) is 13.7. The van der Waals surface area contributed by atoms with Crippen molar-refractivity contribution in [1.82, 2.24) is 0 Å². The summed E-state index contributed by atoms with van der Waals surface area (Å²) < 4.78 is 4.82. The van der Waals surface area contributed by atoms with Gasteiger partial charge in [0.05, 0.1) is 18.1 Å². The molecule has 8 nitrogen and oxygen atoms in total. The van der Waals surface area contributed by atoms with Crippen LogP contribution in [-0.4, -0.2) is 29.0 Å². The Morgan fingerprint density at radius 3 is 2.67 bits per heavy atom. The van der Waals surface area contributed by atoms with Crippen LogP contribution in [0.1, 0.15) is 6.42 Å². The summed E-state index contributed by atoms with van der Waals surface area (Å²) in [4.78, 5) is 31.6. The van der Waals surface area contributed by atoms with Gasteiger partial charge in [0.15, 0.2) is 0 Å². The molecule has 0 unspecified atom stereocenters. The summed E-state index contributed by atoms with van der Waals surface area (Å²) in [6, 6.07) is 3.83. The second kappa shape index (κ2) is 5.62. The van der Waals surface area contributed by atoms with E-state index in [0.29, 0.717) is 0 Å². The number of nitro groups is 1. The summed E-state index contributed by atoms with van der Waals surface area (Å²) in [7, 11) is 1.35. The van der Waals surface area contributed by atoms with Gasteiger partial charge in [-0.2, -0.15) is 0 Å². The SMILES string of the molecule is COc1ccc(NC(=O)CC(=O)O)c([N+](=O)[O-])c1. The van der Waals surface area contributed by atoms with E-state index in [1.54, 1.807) is 0 Å². The third kappa shape index (κ3) is 3.44. The van der Waals surface area contributed by atoms with E-state index in [4.69, 9.17) is 9.84 Å². The third-order valence-corrected chi connectivity index (χ3v) is 1.99. The number of carboxylic acids is 1. The first-order chi connectivity index (χ1) is 8.43. The molecule has 0 bridgehead atoms. The van der Waals surface area contributed by atoms with Gasteiger partial charge in [-0.3, -0.25) is 19.7 Å². The largest absolute Gasteiger partial charge is 0.496 e. The number of nitrogens with one attached hydrogen (secondary N) is 1. The zero-order valence-electron chi connectivity index (χ0n) is 9.37. The van der Waals surface area contributed by atoms with Crippen LogP contribution in [0.15, 0.2) is 18.2 Å². The fraction of sp³-hybridized carbons (Fsp3) is 0.200. The highest BCUT2D eigenvalue weighted by atomic mass is 16.6. The lowest BCUT2D eigenvalue weighted by Gasteiger charge is -2.06. The van der Waals surface area contributed by atoms with Gasteiger partial charge in [-0.15, -0.1) is 0 Å². The summed E-state index contributed by atoms with van der Waals surface area (Å²) in [5, 5.41) is 21.3. The van der Waals surface area contributed by atoms with Gasteiger partial charge in [0.1, 0.15) is 17.9 Å². The lowest BCUT2D eigenvalue weighted by molar-refractivity contribution is -0.384. The molecule has 0 aliphatic rings. The predicted octanol–water partition coefficient (Wildman–Crippen LogP) is 1.02. The molecule has 96 valence electrons. The number of nitrogens with zero attached hydrogens (tertiary/aromatic N) is 1. The van der Waals surface area contributed by atoms with Crippen molar-refractivity contribution in [1.29, 1.82) is 0 Å². The number of carbonyl (C=O) groups is 2. The maximum absolute atomic E-state index is 11.2. The summed E-state index contributed by atoms with van der Waals surface area (Å²) >= 11 is 0. The average molecular weight is 254 g/mol. The maximum Gasteiger partial charge on any atom is 0.312 e. The quantitative estimate of drug-likeness (QED) is 0.460. The number of carbonyl (C=O) groups excluding carboxylic acids is 1. The summed E-state index contributed by atoms with van der Waals surface area (Å²) in [6.45, 7) is 0.